The van der Waals surface area contributed by atoms with Gasteiger partial charge in [0.2, 0.25) is 5.91 Å². The van der Waals surface area contributed by atoms with Gasteiger partial charge in [-0.05, 0) is 72.8 Å². The number of ether oxygens (including phenoxy) is 3. The molecule has 202 valence electrons. The van der Waals surface area contributed by atoms with Gasteiger partial charge in [-0.25, -0.2) is 4.39 Å². The Kier molecular flexibility index (Phi) is 9.11. The summed E-state index contributed by atoms with van der Waals surface area (Å²) in [5, 5.41) is 2.26. The fourth-order valence-electron chi connectivity index (χ4n) is 3.65. The lowest BCUT2D eigenvalue weighted by Gasteiger charge is -2.15. The number of hydrogen-bond donors (Lipinski definition) is 1. The lowest BCUT2D eigenvalue weighted by Crippen LogP contribution is -2.36. The largest absolute Gasteiger partial charge is 0.497 e. The number of hydrogen-bond acceptors (Lipinski definition) is 7. The third kappa shape index (κ3) is 6.90. The van der Waals surface area contributed by atoms with E-state index in [-0.39, 0.29) is 22.3 Å². The Bertz CT molecular complexity index is 1430. The Labute approximate surface area is 233 Å². The van der Waals surface area contributed by atoms with E-state index in [9.17, 15) is 18.8 Å². The van der Waals surface area contributed by atoms with Gasteiger partial charge in [0.05, 0.1) is 23.6 Å². The minimum Gasteiger partial charge on any atom is -0.497 e. The molecule has 11 heteroatoms. The van der Waals surface area contributed by atoms with Crippen LogP contribution in [0.3, 0.4) is 0 Å². The molecule has 0 aromatic heterocycles. The Morgan fingerprint density at radius 2 is 1.85 bits per heavy atom. The smallest absolute Gasteiger partial charge is 0.294 e. The zero-order valence-corrected chi connectivity index (χ0v) is 22.6. The molecule has 1 fully saturated rings. The predicted octanol–water partition coefficient (Wildman–Crippen LogP) is 6.14. The maximum absolute atomic E-state index is 14.0. The van der Waals surface area contributed by atoms with Crippen molar-refractivity contribution in [3.63, 3.8) is 0 Å². The minimum absolute atomic E-state index is 0.0662. The summed E-state index contributed by atoms with van der Waals surface area (Å²) in [6.07, 6.45) is 1.49. The summed E-state index contributed by atoms with van der Waals surface area (Å²) >= 11 is 7.18. The van der Waals surface area contributed by atoms with E-state index in [1.165, 1.54) is 19.3 Å². The molecule has 4 rings (SSSR count). The summed E-state index contributed by atoms with van der Waals surface area (Å²) < 4.78 is 30.5. The molecule has 3 aromatic rings. The van der Waals surface area contributed by atoms with E-state index in [0.29, 0.717) is 46.7 Å². The number of carbonyl (C=O) groups is 3. The molecule has 0 unspecified atom stereocenters. The number of nitrogens with zero attached hydrogens (tertiary/aromatic N) is 1. The van der Waals surface area contributed by atoms with Crippen molar-refractivity contribution in [1.82, 2.24) is 4.90 Å². The van der Waals surface area contributed by atoms with Crippen LogP contribution in [0.1, 0.15) is 18.1 Å². The van der Waals surface area contributed by atoms with Crippen molar-refractivity contribution in [2.75, 3.05) is 25.6 Å². The normalized spacial score (nSPS) is 14.1. The molecule has 8 nitrogen and oxygen atoms in total. The second kappa shape index (κ2) is 12.7. The van der Waals surface area contributed by atoms with Crippen molar-refractivity contribution in [2.45, 2.75) is 13.5 Å². The van der Waals surface area contributed by atoms with Crippen molar-refractivity contribution >= 4 is 52.2 Å². The molecule has 0 bridgehead atoms. The molecule has 1 aliphatic rings. The average molecular weight is 571 g/mol. The van der Waals surface area contributed by atoms with Crippen LogP contribution in [-0.4, -0.2) is 42.2 Å². The van der Waals surface area contributed by atoms with E-state index in [2.05, 4.69) is 5.32 Å². The maximum Gasteiger partial charge on any atom is 0.294 e. The molecule has 0 radical (unpaired) electrons. The molecule has 1 N–H and O–H groups in total. The first kappa shape index (κ1) is 28.0. The number of imide groups is 1. The van der Waals surface area contributed by atoms with Crippen molar-refractivity contribution in [2.24, 2.45) is 0 Å². The highest BCUT2D eigenvalue weighted by molar-refractivity contribution is 8.18. The molecule has 39 heavy (non-hydrogen) atoms. The molecule has 0 spiro atoms. The van der Waals surface area contributed by atoms with Crippen molar-refractivity contribution < 1.29 is 33.0 Å². The fraction of sp³-hybridized carbons (Fsp3) is 0.179. The summed E-state index contributed by atoms with van der Waals surface area (Å²) in [6.45, 7) is 1.57. The van der Waals surface area contributed by atoms with Crippen LogP contribution in [-0.2, 0) is 16.2 Å². The molecular formula is C28H24ClFN2O6S. The monoisotopic (exact) mass is 570 g/mol. The van der Waals surface area contributed by atoms with Crippen LogP contribution in [0.2, 0.25) is 5.02 Å². The van der Waals surface area contributed by atoms with Crippen LogP contribution in [0.25, 0.3) is 6.08 Å². The number of anilines is 1. The Balaban J connectivity index is 1.48. The average Bonchev–Trinajstić information content (AvgIpc) is 3.17. The number of benzene rings is 3. The highest BCUT2D eigenvalue weighted by Crippen LogP contribution is 2.39. The minimum atomic E-state index is -0.608. The van der Waals surface area contributed by atoms with Crippen molar-refractivity contribution in [1.29, 1.82) is 0 Å². The van der Waals surface area contributed by atoms with Gasteiger partial charge in [-0.15, -0.1) is 0 Å². The molecule has 3 amide bonds. The summed E-state index contributed by atoms with van der Waals surface area (Å²) in [7, 11) is 1.53. The topological polar surface area (TPSA) is 94.2 Å². The number of nitrogens with one attached hydrogen (secondary N) is 1. The Morgan fingerprint density at radius 3 is 2.54 bits per heavy atom. The molecule has 0 atom stereocenters. The van der Waals surface area contributed by atoms with E-state index in [1.807, 2.05) is 0 Å². The van der Waals surface area contributed by atoms with Crippen LogP contribution < -0.4 is 19.5 Å². The summed E-state index contributed by atoms with van der Waals surface area (Å²) in [5.74, 6) is -0.392. The summed E-state index contributed by atoms with van der Waals surface area (Å²) in [4.78, 5) is 38.9. The van der Waals surface area contributed by atoms with Gasteiger partial charge in [-0.2, -0.15) is 0 Å². The second-order valence-corrected chi connectivity index (χ2v) is 9.59. The van der Waals surface area contributed by atoms with Crippen molar-refractivity contribution in [3.8, 4) is 17.2 Å². The van der Waals surface area contributed by atoms with Crippen LogP contribution in [0, 0.1) is 5.82 Å². The van der Waals surface area contributed by atoms with Crippen LogP contribution in [0.15, 0.2) is 65.6 Å². The SMILES string of the molecule is CCOc1cc(/C=C2/SC(=O)N(CC(=O)Nc3ccc(OC)cc3)C2=O)cc(Cl)c1OCc1ccccc1F. The first-order valence-electron chi connectivity index (χ1n) is 11.8. The van der Waals surface area contributed by atoms with E-state index >= 15 is 0 Å². The quantitative estimate of drug-likeness (QED) is 0.293. The van der Waals surface area contributed by atoms with Crippen LogP contribution >= 0.6 is 23.4 Å². The summed E-state index contributed by atoms with van der Waals surface area (Å²) in [6, 6.07) is 16.0. The number of halogens is 2. The van der Waals surface area contributed by atoms with Gasteiger partial charge < -0.3 is 19.5 Å². The second-order valence-electron chi connectivity index (χ2n) is 8.19. The highest BCUT2D eigenvalue weighted by atomic mass is 35.5. The third-order valence-corrected chi connectivity index (χ3v) is 6.70. The van der Waals surface area contributed by atoms with Crippen LogP contribution in [0.5, 0.6) is 17.2 Å². The first-order chi connectivity index (χ1) is 18.8. The van der Waals surface area contributed by atoms with Crippen molar-refractivity contribution in [3.05, 3.63) is 87.5 Å². The fourth-order valence-corrected chi connectivity index (χ4v) is 4.76. The van der Waals surface area contributed by atoms with E-state index in [1.54, 1.807) is 61.5 Å². The zero-order chi connectivity index (χ0) is 27.9. The zero-order valence-electron chi connectivity index (χ0n) is 21.0. The Hall–Kier alpha value is -4.02. The number of amides is 3. The Morgan fingerprint density at radius 1 is 1.10 bits per heavy atom. The van der Waals surface area contributed by atoms with Gasteiger partial charge in [-0.1, -0.05) is 29.8 Å². The van der Waals surface area contributed by atoms with E-state index < -0.39 is 29.4 Å². The third-order valence-electron chi connectivity index (χ3n) is 5.51. The number of carbonyl (C=O) groups excluding carboxylic acids is 3. The molecule has 1 heterocycles. The van der Waals surface area contributed by atoms with Gasteiger partial charge in [0.1, 0.15) is 24.7 Å². The van der Waals surface area contributed by atoms with Gasteiger partial charge in [0, 0.05) is 11.3 Å². The molecule has 1 saturated heterocycles. The molecule has 3 aromatic carbocycles. The van der Waals surface area contributed by atoms with Gasteiger partial charge in [0.15, 0.2) is 11.5 Å². The lowest BCUT2D eigenvalue weighted by atomic mass is 10.1. The van der Waals surface area contributed by atoms with E-state index in [4.69, 9.17) is 25.8 Å². The van der Waals surface area contributed by atoms with E-state index in [0.717, 1.165) is 4.90 Å². The highest BCUT2D eigenvalue weighted by Gasteiger charge is 2.36. The van der Waals surface area contributed by atoms with Gasteiger partial charge in [0.25, 0.3) is 11.1 Å². The molecular weight excluding hydrogens is 547 g/mol. The first-order valence-corrected chi connectivity index (χ1v) is 13.0. The molecule has 0 saturated carbocycles. The standard InChI is InChI=1S/C28H24ClFN2O6S/c1-3-37-23-13-17(12-21(29)26(23)38-16-18-6-4-5-7-22(18)30)14-24-27(34)32(28(35)39-24)15-25(33)31-19-8-10-20(36-2)11-9-19/h4-14H,3,15-16H2,1-2H3,(H,31,33)/b24-14+. The lowest BCUT2D eigenvalue weighted by molar-refractivity contribution is -0.127. The number of thioether (sulfide) groups is 1. The van der Waals surface area contributed by atoms with Crippen LogP contribution in [0.4, 0.5) is 14.9 Å². The summed E-state index contributed by atoms with van der Waals surface area (Å²) in [5.41, 5.74) is 1.33. The molecule has 1 aliphatic heterocycles. The number of rotatable bonds is 10. The predicted molar refractivity (Wildman–Crippen MR) is 148 cm³/mol. The maximum atomic E-state index is 14.0. The number of methoxy groups -OCH3 is 1. The molecule has 0 aliphatic carbocycles. The van der Waals surface area contributed by atoms with Gasteiger partial charge >= 0.3 is 0 Å². The van der Waals surface area contributed by atoms with Gasteiger partial charge in [-0.3, -0.25) is 19.3 Å².